The van der Waals surface area contributed by atoms with Crippen molar-refractivity contribution in [2.75, 3.05) is 14.1 Å². The van der Waals surface area contributed by atoms with Gasteiger partial charge in [0.25, 0.3) is 0 Å². The highest BCUT2D eigenvalue weighted by Gasteiger charge is 2.49. The van der Waals surface area contributed by atoms with E-state index in [2.05, 4.69) is 17.3 Å². The minimum Gasteiger partial charge on any atom is -0.444 e. The van der Waals surface area contributed by atoms with Crippen molar-refractivity contribution in [2.45, 2.75) is 95.1 Å². The summed E-state index contributed by atoms with van der Waals surface area (Å²) < 4.78 is 5.44. The van der Waals surface area contributed by atoms with E-state index in [1.165, 1.54) is 4.90 Å². The van der Waals surface area contributed by atoms with Gasteiger partial charge in [0.05, 0.1) is 12.1 Å². The molecule has 3 fully saturated rings. The zero-order valence-corrected chi connectivity index (χ0v) is 20.2. The third kappa shape index (κ3) is 5.19. The summed E-state index contributed by atoms with van der Waals surface area (Å²) in [6, 6.07) is 0.205. The van der Waals surface area contributed by atoms with E-state index >= 15 is 0 Å². The lowest BCUT2D eigenvalue weighted by Crippen LogP contribution is -2.59. The van der Waals surface area contributed by atoms with Crippen molar-refractivity contribution in [3.63, 3.8) is 0 Å². The third-order valence-corrected chi connectivity index (χ3v) is 6.76. The Morgan fingerprint density at radius 1 is 1.06 bits per heavy atom. The van der Waals surface area contributed by atoms with E-state index in [1.54, 1.807) is 39.8 Å². The largest absolute Gasteiger partial charge is 0.444 e. The standard InChI is InChI=1S/C24H35N5O4/c1-7-16-8-11-19(14-25)28(16)21(30)20(26-22(31)33-24(2,3)4)15-12-17-9-10-18(13-15)29(17)23(32)27(5)6/h1,15-20H,8-13H2,2-6H3,(H,26,31)/t15?,16?,17?,18?,19-,20-/m0/s1. The van der Waals surface area contributed by atoms with E-state index in [-0.39, 0.29) is 29.9 Å². The Balaban J connectivity index is 1.86. The molecule has 3 aliphatic rings. The molecule has 3 unspecified atom stereocenters. The molecule has 180 valence electrons. The molecule has 3 rings (SSSR count). The van der Waals surface area contributed by atoms with Crippen molar-refractivity contribution in [2.24, 2.45) is 5.92 Å². The molecule has 9 nitrogen and oxygen atoms in total. The second-order valence-corrected chi connectivity index (χ2v) is 10.5. The van der Waals surface area contributed by atoms with Gasteiger partial charge in [-0.1, -0.05) is 5.92 Å². The highest BCUT2D eigenvalue weighted by atomic mass is 16.6. The van der Waals surface area contributed by atoms with Crippen LogP contribution < -0.4 is 5.32 Å². The lowest BCUT2D eigenvalue weighted by molar-refractivity contribution is -0.136. The molecule has 9 heteroatoms. The van der Waals surface area contributed by atoms with Crippen LogP contribution in [0.4, 0.5) is 9.59 Å². The van der Waals surface area contributed by atoms with E-state index in [0.29, 0.717) is 25.7 Å². The maximum absolute atomic E-state index is 13.8. The van der Waals surface area contributed by atoms with Crippen molar-refractivity contribution in [3.8, 4) is 18.4 Å². The van der Waals surface area contributed by atoms with Gasteiger partial charge in [-0.2, -0.15) is 5.26 Å². The molecule has 0 aliphatic carbocycles. The number of nitriles is 1. The second kappa shape index (κ2) is 9.51. The van der Waals surface area contributed by atoms with E-state index in [0.717, 1.165) is 12.8 Å². The van der Waals surface area contributed by atoms with Crippen LogP contribution >= 0.6 is 0 Å². The van der Waals surface area contributed by atoms with E-state index in [1.807, 2.05) is 4.90 Å². The first-order valence-electron chi connectivity index (χ1n) is 11.6. The molecule has 2 bridgehead atoms. The molecular weight excluding hydrogens is 422 g/mol. The molecule has 5 atom stereocenters. The van der Waals surface area contributed by atoms with Gasteiger partial charge < -0.3 is 24.8 Å². The zero-order valence-electron chi connectivity index (χ0n) is 20.2. The van der Waals surface area contributed by atoms with Gasteiger partial charge in [0.15, 0.2) is 0 Å². The summed E-state index contributed by atoms with van der Waals surface area (Å²) in [5.74, 6) is 2.09. The minimum absolute atomic E-state index is 0.00755. The van der Waals surface area contributed by atoms with Crippen molar-refractivity contribution < 1.29 is 19.1 Å². The van der Waals surface area contributed by atoms with E-state index < -0.39 is 29.8 Å². The number of nitrogens with one attached hydrogen (secondary N) is 1. The van der Waals surface area contributed by atoms with Gasteiger partial charge >= 0.3 is 12.1 Å². The summed E-state index contributed by atoms with van der Waals surface area (Å²) in [4.78, 5) is 44.1. The number of likely N-dealkylation sites (tertiary alicyclic amines) is 1. The first-order valence-corrected chi connectivity index (χ1v) is 11.6. The van der Waals surface area contributed by atoms with Crippen LogP contribution in [0.25, 0.3) is 0 Å². The zero-order chi connectivity index (χ0) is 24.5. The fourth-order valence-electron chi connectivity index (χ4n) is 5.42. The maximum atomic E-state index is 13.8. The van der Waals surface area contributed by atoms with Gasteiger partial charge in [0, 0.05) is 26.2 Å². The maximum Gasteiger partial charge on any atom is 0.408 e. The van der Waals surface area contributed by atoms with Gasteiger partial charge in [0.2, 0.25) is 5.91 Å². The molecule has 3 heterocycles. The van der Waals surface area contributed by atoms with Crippen LogP contribution in [0.3, 0.4) is 0 Å². The van der Waals surface area contributed by atoms with Crippen LogP contribution in [0.2, 0.25) is 0 Å². The number of piperidine rings is 1. The average molecular weight is 458 g/mol. The van der Waals surface area contributed by atoms with Crippen LogP contribution in [-0.4, -0.2) is 82.6 Å². The van der Waals surface area contributed by atoms with Gasteiger partial charge in [-0.25, -0.2) is 9.59 Å². The van der Waals surface area contributed by atoms with Crippen LogP contribution in [0.15, 0.2) is 0 Å². The molecule has 33 heavy (non-hydrogen) atoms. The van der Waals surface area contributed by atoms with Crippen LogP contribution in [0.1, 0.15) is 59.3 Å². The molecule has 4 amide bonds. The number of terminal acetylenes is 1. The van der Waals surface area contributed by atoms with Crippen molar-refractivity contribution >= 4 is 18.0 Å². The van der Waals surface area contributed by atoms with Crippen LogP contribution in [0, 0.1) is 29.6 Å². The molecular formula is C24H35N5O4. The number of alkyl carbamates (subject to hydrolysis) is 1. The Morgan fingerprint density at radius 3 is 2.12 bits per heavy atom. The molecule has 0 aromatic carbocycles. The number of nitrogens with zero attached hydrogens (tertiary/aromatic N) is 4. The van der Waals surface area contributed by atoms with Crippen molar-refractivity contribution in [1.82, 2.24) is 20.0 Å². The molecule has 0 aromatic heterocycles. The van der Waals surface area contributed by atoms with E-state index in [9.17, 15) is 19.6 Å². The number of ether oxygens (including phenoxy) is 1. The predicted octanol–water partition coefficient (Wildman–Crippen LogP) is 2.32. The number of amides is 4. The summed E-state index contributed by atoms with van der Waals surface area (Å²) in [6.45, 7) is 5.28. The molecule has 0 saturated carbocycles. The average Bonchev–Trinajstić information content (AvgIpc) is 3.27. The second-order valence-electron chi connectivity index (χ2n) is 10.5. The fraction of sp³-hybridized carbons (Fsp3) is 0.750. The smallest absolute Gasteiger partial charge is 0.408 e. The number of urea groups is 1. The number of hydrogen-bond donors (Lipinski definition) is 1. The first kappa shape index (κ1) is 24.7. The highest BCUT2D eigenvalue weighted by molar-refractivity contribution is 5.87. The molecule has 3 aliphatic heterocycles. The van der Waals surface area contributed by atoms with Gasteiger partial charge in [-0.15, -0.1) is 6.42 Å². The Labute approximate surface area is 196 Å². The lowest BCUT2D eigenvalue weighted by Gasteiger charge is -2.43. The number of carbonyl (C=O) groups excluding carboxylic acids is 3. The summed E-state index contributed by atoms with van der Waals surface area (Å²) >= 11 is 0. The highest BCUT2D eigenvalue weighted by Crippen LogP contribution is 2.41. The molecule has 3 saturated heterocycles. The van der Waals surface area contributed by atoms with Crippen LogP contribution in [-0.2, 0) is 9.53 Å². The number of rotatable bonds is 3. The Bertz CT molecular complexity index is 832. The molecule has 1 N–H and O–H groups in total. The summed E-state index contributed by atoms with van der Waals surface area (Å²) in [5, 5.41) is 12.4. The minimum atomic E-state index is -0.871. The Kier molecular flexibility index (Phi) is 7.11. The summed E-state index contributed by atoms with van der Waals surface area (Å²) in [7, 11) is 3.47. The normalized spacial score (nSPS) is 29.6. The topological polar surface area (TPSA) is 106 Å². The van der Waals surface area contributed by atoms with Crippen LogP contribution in [0.5, 0.6) is 0 Å². The van der Waals surface area contributed by atoms with Gasteiger partial charge in [0.1, 0.15) is 17.7 Å². The quantitative estimate of drug-likeness (QED) is 0.655. The third-order valence-electron chi connectivity index (χ3n) is 6.76. The SMILES string of the molecule is C#CC1CC[C@@H](C#N)N1C(=O)[C@@H](NC(=O)OC(C)(C)C)C1CC2CCC(C1)N2C(=O)N(C)C. The lowest BCUT2D eigenvalue weighted by atomic mass is 9.84. The summed E-state index contributed by atoms with van der Waals surface area (Å²) in [5.41, 5.74) is -0.720. The number of carbonyl (C=O) groups is 3. The number of fused-ring (bicyclic) bond motifs is 2. The number of hydrogen-bond acceptors (Lipinski definition) is 5. The Morgan fingerprint density at radius 2 is 1.64 bits per heavy atom. The molecule has 0 radical (unpaired) electrons. The molecule has 0 spiro atoms. The van der Waals surface area contributed by atoms with E-state index in [4.69, 9.17) is 11.2 Å². The summed E-state index contributed by atoms with van der Waals surface area (Å²) in [6.07, 6.45) is 8.97. The van der Waals surface area contributed by atoms with Gasteiger partial charge in [-0.3, -0.25) is 4.79 Å². The van der Waals surface area contributed by atoms with Gasteiger partial charge in [-0.05, 0) is 65.2 Å². The predicted molar refractivity (Wildman–Crippen MR) is 122 cm³/mol. The van der Waals surface area contributed by atoms with Crippen molar-refractivity contribution in [3.05, 3.63) is 0 Å². The Hall–Kier alpha value is -2.94. The van der Waals surface area contributed by atoms with Crippen molar-refractivity contribution in [1.29, 1.82) is 5.26 Å². The monoisotopic (exact) mass is 457 g/mol. The fourth-order valence-corrected chi connectivity index (χ4v) is 5.42. The first-order chi connectivity index (χ1) is 15.5. The molecule has 0 aromatic rings.